The van der Waals surface area contributed by atoms with Crippen LogP contribution in [0.2, 0.25) is 0 Å². The van der Waals surface area contributed by atoms with Gasteiger partial charge in [0.05, 0.1) is 12.1 Å². The number of nitriles is 1. The van der Waals surface area contributed by atoms with E-state index >= 15 is 0 Å². The van der Waals surface area contributed by atoms with Crippen LogP contribution < -0.4 is 10.3 Å². The van der Waals surface area contributed by atoms with Crippen molar-refractivity contribution in [1.82, 2.24) is 4.57 Å². The monoisotopic (exact) mass is 318 g/mol. The second-order valence-corrected chi connectivity index (χ2v) is 5.12. The van der Waals surface area contributed by atoms with Gasteiger partial charge in [0.25, 0.3) is 5.56 Å². The smallest absolute Gasteiger partial charge is 0.261 e. The van der Waals surface area contributed by atoms with E-state index in [4.69, 9.17) is 10.00 Å². The molecular formula is C19H14N2O3. The van der Waals surface area contributed by atoms with Gasteiger partial charge in [0.2, 0.25) is 5.88 Å². The fourth-order valence-electron chi connectivity index (χ4n) is 2.75. The number of carbonyl (C=O) groups is 1. The van der Waals surface area contributed by atoms with Crippen LogP contribution in [0.5, 0.6) is 5.88 Å². The van der Waals surface area contributed by atoms with Crippen molar-refractivity contribution < 1.29 is 9.53 Å². The number of ether oxygens (including phenoxy) is 1. The molecule has 0 fully saturated rings. The van der Waals surface area contributed by atoms with Gasteiger partial charge >= 0.3 is 0 Å². The van der Waals surface area contributed by atoms with Crippen LogP contribution in [-0.2, 0) is 11.3 Å². The summed E-state index contributed by atoms with van der Waals surface area (Å²) in [7, 11) is 0. The number of carbonyl (C=O) groups excluding carboxylic acids is 1. The van der Waals surface area contributed by atoms with Gasteiger partial charge in [0, 0.05) is 10.8 Å². The molecule has 3 aromatic rings. The van der Waals surface area contributed by atoms with Gasteiger partial charge in [-0.25, -0.2) is 0 Å². The second-order valence-electron chi connectivity index (χ2n) is 5.12. The van der Waals surface area contributed by atoms with Crippen molar-refractivity contribution in [2.75, 3.05) is 6.61 Å². The van der Waals surface area contributed by atoms with Crippen LogP contribution in [-0.4, -0.2) is 17.5 Å². The van der Waals surface area contributed by atoms with Gasteiger partial charge in [0.1, 0.15) is 12.4 Å². The third-order valence-electron chi connectivity index (χ3n) is 3.72. The zero-order chi connectivity index (χ0) is 16.9. The molecule has 0 amide bonds. The van der Waals surface area contributed by atoms with E-state index in [1.54, 1.807) is 12.1 Å². The summed E-state index contributed by atoms with van der Waals surface area (Å²) in [5, 5.41) is 10.1. The summed E-state index contributed by atoms with van der Waals surface area (Å²) in [4.78, 5) is 23.8. The molecule has 1 heterocycles. The number of pyridine rings is 1. The van der Waals surface area contributed by atoms with Crippen LogP contribution in [0.15, 0.2) is 59.4 Å². The molecule has 0 saturated heterocycles. The molecule has 0 aliphatic heterocycles. The summed E-state index contributed by atoms with van der Waals surface area (Å²) in [5.41, 5.74) is 1.23. The number of aldehydes is 1. The Kier molecular flexibility index (Phi) is 4.39. The minimum atomic E-state index is -0.315. The number of benzene rings is 2. The van der Waals surface area contributed by atoms with Gasteiger partial charge in [-0.2, -0.15) is 5.26 Å². The first-order chi connectivity index (χ1) is 11.8. The summed E-state index contributed by atoms with van der Waals surface area (Å²) in [5.74, 6) is 0.235. The lowest BCUT2D eigenvalue weighted by Gasteiger charge is -2.18. The summed E-state index contributed by atoms with van der Waals surface area (Å²) >= 11 is 0. The molecule has 0 aliphatic rings. The summed E-state index contributed by atoms with van der Waals surface area (Å²) in [6, 6.07) is 18.5. The predicted molar refractivity (Wildman–Crippen MR) is 90.8 cm³/mol. The van der Waals surface area contributed by atoms with E-state index in [0.29, 0.717) is 17.2 Å². The average Bonchev–Trinajstić information content (AvgIpc) is 2.63. The van der Waals surface area contributed by atoms with E-state index in [-0.39, 0.29) is 24.6 Å². The normalized spacial score (nSPS) is 10.3. The van der Waals surface area contributed by atoms with E-state index in [9.17, 15) is 9.59 Å². The van der Waals surface area contributed by atoms with Crippen LogP contribution >= 0.6 is 0 Å². The lowest BCUT2D eigenvalue weighted by Crippen LogP contribution is -2.24. The summed E-state index contributed by atoms with van der Waals surface area (Å²) in [6.45, 7) is -0.346. The Hall–Kier alpha value is -3.39. The number of nitrogens with zero attached hydrogens (tertiary/aromatic N) is 2. The van der Waals surface area contributed by atoms with Crippen molar-refractivity contribution in [3.8, 4) is 23.1 Å². The molecule has 2 aromatic carbocycles. The molecule has 24 heavy (non-hydrogen) atoms. The maximum absolute atomic E-state index is 12.7. The summed E-state index contributed by atoms with van der Waals surface area (Å²) in [6.07, 6.45) is 0.643. The Morgan fingerprint density at radius 3 is 2.38 bits per heavy atom. The molecule has 1 aromatic heterocycles. The second kappa shape index (κ2) is 6.80. The number of rotatable bonds is 5. The standard InChI is InChI=1S/C19H14N2O3/c20-10-13-24-19-17(14-6-2-1-3-7-14)15-8-4-5-9-16(15)18(23)21(19)11-12-22/h1-9,12H,11,13H2. The fraction of sp³-hybridized carbons (Fsp3) is 0.105. The third kappa shape index (κ3) is 2.66. The topological polar surface area (TPSA) is 72.1 Å². The molecule has 3 rings (SSSR count). The van der Waals surface area contributed by atoms with Crippen molar-refractivity contribution in [3.63, 3.8) is 0 Å². The first-order valence-corrected chi connectivity index (χ1v) is 7.42. The van der Waals surface area contributed by atoms with Crippen LogP contribution in [0.1, 0.15) is 0 Å². The van der Waals surface area contributed by atoms with Gasteiger partial charge in [0.15, 0.2) is 6.61 Å². The van der Waals surface area contributed by atoms with Crippen LogP contribution in [0.25, 0.3) is 21.9 Å². The minimum absolute atomic E-state index is 0.135. The number of fused-ring (bicyclic) bond motifs is 1. The lowest BCUT2D eigenvalue weighted by atomic mass is 10.00. The van der Waals surface area contributed by atoms with Gasteiger partial charge in [-0.05, 0) is 11.6 Å². The zero-order valence-electron chi connectivity index (χ0n) is 12.8. The maximum atomic E-state index is 12.7. The number of aromatic nitrogens is 1. The largest absolute Gasteiger partial charge is 0.463 e. The minimum Gasteiger partial charge on any atom is -0.463 e. The molecular weight excluding hydrogens is 304 g/mol. The lowest BCUT2D eigenvalue weighted by molar-refractivity contribution is -0.108. The van der Waals surface area contributed by atoms with Crippen molar-refractivity contribution in [3.05, 3.63) is 65.0 Å². The fourth-order valence-corrected chi connectivity index (χ4v) is 2.75. The van der Waals surface area contributed by atoms with Crippen LogP contribution in [0, 0.1) is 11.3 Å². The van der Waals surface area contributed by atoms with Crippen molar-refractivity contribution in [2.24, 2.45) is 0 Å². The quantitative estimate of drug-likeness (QED) is 0.678. The van der Waals surface area contributed by atoms with Crippen LogP contribution in [0.3, 0.4) is 0 Å². The Balaban J connectivity index is 2.45. The molecule has 0 unspecified atom stereocenters. The highest BCUT2D eigenvalue weighted by Gasteiger charge is 2.19. The van der Waals surface area contributed by atoms with Gasteiger partial charge in [-0.1, -0.05) is 48.5 Å². The van der Waals surface area contributed by atoms with E-state index < -0.39 is 0 Å². The Labute approximate surface area is 138 Å². The van der Waals surface area contributed by atoms with Crippen molar-refractivity contribution in [2.45, 2.75) is 6.54 Å². The zero-order valence-corrected chi connectivity index (χ0v) is 12.8. The van der Waals surface area contributed by atoms with Crippen LogP contribution in [0.4, 0.5) is 0 Å². The number of hydrogen-bond acceptors (Lipinski definition) is 4. The first-order valence-electron chi connectivity index (χ1n) is 7.42. The molecule has 0 aliphatic carbocycles. The SMILES string of the molecule is N#CCOc1c(-c2ccccc2)c2ccccc2c(=O)n1CC=O. The van der Waals surface area contributed by atoms with Crippen molar-refractivity contribution >= 4 is 17.1 Å². The van der Waals surface area contributed by atoms with Gasteiger partial charge in [-0.15, -0.1) is 0 Å². The average molecular weight is 318 g/mol. The maximum Gasteiger partial charge on any atom is 0.261 e. The molecule has 0 spiro atoms. The highest BCUT2D eigenvalue weighted by Crippen LogP contribution is 2.35. The number of hydrogen-bond donors (Lipinski definition) is 0. The van der Waals surface area contributed by atoms with Gasteiger partial charge in [-0.3, -0.25) is 9.36 Å². The Morgan fingerprint density at radius 2 is 1.71 bits per heavy atom. The van der Waals surface area contributed by atoms with E-state index in [1.165, 1.54) is 4.57 Å². The Morgan fingerprint density at radius 1 is 1.04 bits per heavy atom. The van der Waals surface area contributed by atoms with Crippen molar-refractivity contribution in [1.29, 1.82) is 5.26 Å². The molecule has 0 radical (unpaired) electrons. The third-order valence-corrected chi connectivity index (χ3v) is 3.72. The van der Waals surface area contributed by atoms with E-state index in [0.717, 1.165) is 10.9 Å². The molecule has 5 heteroatoms. The van der Waals surface area contributed by atoms with E-state index in [1.807, 2.05) is 48.5 Å². The molecule has 118 valence electrons. The molecule has 0 N–H and O–H groups in total. The molecule has 0 atom stereocenters. The molecule has 0 bridgehead atoms. The highest BCUT2D eigenvalue weighted by molar-refractivity contribution is 5.98. The Bertz CT molecular complexity index is 985. The van der Waals surface area contributed by atoms with E-state index in [2.05, 4.69) is 0 Å². The molecule has 0 saturated carbocycles. The van der Waals surface area contributed by atoms with Gasteiger partial charge < -0.3 is 9.53 Å². The summed E-state index contributed by atoms with van der Waals surface area (Å²) < 4.78 is 6.83. The highest BCUT2D eigenvalue weighted by atomic mass is 16.5. The predicted octanol–water partition coefficient (Wildman–Crippen LogP) is 2.77. The first kappa shape index (κ1) is 15.5. The molecule has 5 nitrogen and oxygen atoms in total.